The number of benzene rings is 1. The second-order valence-electron chi connectivity index (χ2n) is 9.30. The van der Waals surface area contributed by atoms with E-state index < -0.39 is 17.7 Å². The Morgan fingerprint density at radius 2 is 1.95 bits per heavy atom. The molecule has 4 N–H and O–H groups in total. The van der Waals surface area contributed by atoms with Gasteiger partial charge in [-0.2, -0.15) is 0 Å². The van der Waals surface area contributed by atoms with Crippen molar-refractivity contribution in [3.8, 4) is 0 Å². The van der Waals surface area contributed by atoms with Gasteiger partial charge in [0.25, 0.3) is 0 Å². The van der Waals surface area contributed by atoms with Crippen molar-refractivity contribution in [2.24, 2.45) is 5.73 Å². The summed E-state index contributed by atoms with van der Waals surface area (Å²) in [5.41, 5.74) is 7.10. The molecule has 3 aromatic rings. The first-order valence-corrected chi connectivity index (χ1v) is 11.9. The highest BCUT2D eigenvalue weighted by Gasteiger charge is 2.28. The maximum atomic E-state index is 12.8. The Morgan fingerprint density at radius 1 is 1.16 bits per heavy atom. The lowest BCUT2D eigenvalue weighted by molar-refractivity contribution is -0.126. The molecule has 1 aliphatic heterocycles. The number of pyridine rings is 1. The molecule has 0 spiro atoms. The van der Waals surface area contributed by atoms with Crippen molar-refractivity contribution in [2.75, 3.05) is 19.8 Å². The molecule has 0 aliphatic carbocycles. The first-order valence-electron chi connectivity index (χ1n) is 11.9. The highest BCUT2D eigenvalue weighted by Crippen LogP contribution is 2.18. The predicted molar refractivity (Wildman–Crippen MR) is 138 cm³/mol. The minimum Gasteiger partial charge on any atom is -0.443 e. The molecule has 2 aromatic heterocycles. The van der Waals surface area contributed by atoms with Crippen LogP contribution in [-0.2, 0) is 32.2 Å². The number of fused-ring (bicyclic) bond motifs is 1. The van der Waals surface area contributed by atoms with Gasteiger partial charge in [-0.25, -0.2) is 4.79 Å². The minimum atomic E-state index is -1.11. The fraction of sp³-hybridized carbons (Fsp3) is 0.462. The standard InChI is InChI=1S/C25H32N6O5.CH4/c1-25(2,26)23(32)28-20(16-35-13-17-7-4-3-5-8-17)22-30-29-21-10-6-9-19(31(21)22)15-36-24(33)27-18-11-12-34-14-18;/h3-10,18,20H,11-16,26H2,1-2H3,(H,27,33)(H,28,32);1H4/t18-,20-;/m1./s1. The van der Waals surface area contributed by atoms with Crippen molar-refractivity contribution in [1.82, 2.24) is 25.2 Å². The number of carbonyl (C=O) groups is 2. The number of aromatic nitrogens is 3. The van der Waals surface area contributed by atoms with Gasteiger partial charge in [-0.3, -0.25) is 9.20 Å². The van der Waals surface area contributed by atoms with E-state index in [-0.39, 0.29) is 32.6 Å². The maximum absolute atomic E-state index is 12.8. The highest BCUT2D eigenvalue weighted by atomic mass is 16.5. The van der Waals surface area contributed by atoms with Gasteiger partial charge in [0.05, 0.1) is 37.1 Å². The Bertz CT molecular complexity index is 1170. The normalized spacial score (nSPS) is 16.1. The number of nitrogens with zero attached hydrogens (tertiary/aromatic N) is 3. The molecule has 2 amide bonds. The molecule has 11 nitrogen and oxygen atoms in total. The number of nitrogens with two attached hydrogens (primary N) is 1. The van der Waals surface area contributed by atoms with Crippen molar-refractivity contribution < 1.29 is 23.8 Å². The third-order valence-electron chi connectivity index (χ3n) is 5.74. The van der Waals surface area contributed by atoms with Crippen molar-refractivity contribution in [1.29, 1.82) is 0 Å². The van der Waals surface area contributed by atoms with Crippen LogP contribution >= 0.6 is 0 Å². The van der Waals surface area contributed by atoms with Gasteiger partial charge >= 0.3 is 6.09 Å². The van der Waals surface area contributed by atoms with Crippen LogP contribution in [0.1, 0.15) is 50.8 Å². The van der Waals surface area contributed by atoms with Crippen molar-refractivity contribution >= 4 is 17.6 Å². The van der Waals surface area contributed by atoms with Gasteiger partial charge < -0.3 is 30.6 Å². The smallest absolute Gasteiger partial charge is 0.407 e. The summed E-state index contributed by atoms with van der Waals surface area (Å²) in [5.74, 6) is 0.0823. The van der Waals surface area contributed by atoms with Gasteiger partial charge in [0, 0.05) is 6.61 Å². The fourth-order valence-electron chi connectivity index (χ4n) is 3.76. The average Bonchev–Trinajstić information content (AvgIpc) is 3.52. The second kappa shape index (κ2) is 12.6. The van der Waals surface area contributed by atoms with Crippen molar-refractivity contribution in [2.45, 2.75) is 58.5 Å². The lowest BCUT2D eigenvalue weighted by Crippen LogP contribution is -2.51. The highest BCUT2D eigenvalue weighted by molar-refractivity contribution is 5.85. The molecule has 1 fully saturated rings. The number of amides is 2. The summed E-state index contributed by atoms with van der Waals surface area (Å²) in [4.78, 5) is 25.0. The number of carbonyl (C=O) groups excluding carboxylic acids is 2. The van der Waals surface area contributed by atoms with Gasteiger partial charge in [0.1, 0.15) is 12.6 Å². The van der Waals surface area contributed by atoms with E-state index >= 15 is 0 Å². The molecule has 11 heteroatoms. The summed E-state index contributed by atoms with van der Waals surface area (Å²) in [6.07, 6.45) is 0.223. The van der Waals surface area contributed by atoms with Gasteiger partial charge in [0.2, 0.25) is 5.91 Å². The van der Waals surface area contributed by atoms with Crippen LogP contribution in [0.3, 0.4) is 0 Å². The minimum absolute atomic E-state index is 0. The number of nitrogens with one attached hydrogen (secondary N) is 2. The molecule has 37 heavy (non-hydrogen) atoms. The third kappa shape index (κ3) is 7.48. The van der Waals surface area contributed by atoms with Gasteiger partial charge in [-0.15, -0.1) is 10.2 Å². The summed E-state index contributed by atoms with van der Waals surface area (Å²) in [7, 11) is 0. The molecule has 1 saturated heterocycles. The summed E-state index contributed by atoms with van der Waals surface area (Å²) in [6, 6.07) is 14.4. The number of rotatable bonds is 10. The Hall–Kier alpha value is -3.54. The monoisotopic (exact) mass is 512 g/mol. The van der Waals surface area contributed by atoms with E-state index in [1.807, 2.05) is 36.4 Å². The molecule has 1 aromatic carbocycles. The molecule has 0 saturated carbocycles. The van der Waals surface area contributed by atoms with Crippen LogP contribution in [0.4, 0.5) is 4.79 Å². The van der Waals surface area contributed by atoms with E-state index in [1.54, 1.807) is 30.4 Å². The van der Waals surface area contributed by atoms with E-state index in [0.29, 0.717) is 37.0 Å². The third-order valence-corrected chi connectivity index (χ3v) is 5.74. The average molecular weight is 513 g/mol. The van der Waals surface area contributed by atoms with Crippen LogP contribution in [0, 0.1) is 0 Å². The topological polar surface area (TPSA) is 142 Å². The van der Waals surface area contributed by atoms with Gasteiger partial charge in [-0.1, -0.05) is 43.8 Å². The molecule has 0 unspecified atom stereocenters. The molecule has 2 atom stereocenters. The molecule has 0 bridgehead atoms. The predicted octanol–water partition coefficient (Wildman–Crippen LogP) is 2.49. The van der Waals surface area contributed by atoms with E-state index in [9.17, 15) is 9.59 Å². The number of hydrogen-bond acceptors (Lipinski definition) is 8. The SMILES string of the molecule is C.CC(C)(N)C(=O)N[C@H](COCc1ccccc1)c1nnc2cccc(COC(=O)N[C@@H]3CCOC3)n12. The molecule has 4 rings (SSSR count). The lowest BCUT2D eigenvalue weighted by Gasteiger charge is -2.24. The van der Waals surface area contributed by atoms with Crippen LogP contribution in [0.5, 0.6) is 0 Å². The number of alkyl carbamates (subject to hydrolysis) is 1. The first-order chi connectivity index (χ1) is 17.3. The zero-order chi connectivity index (χ0) is 25.5. The molecule has 200 valence electrons. The Kier molecular flexibility index (Phi) is 9.56. The molecule has 1 aliphatic rings. The van der Waals surface area contributed by atoms with Crippen LogP contribution in [-0.4, -0.2) is 58.0 Å². The van der Waals surface area contributed by atoms with E-state index in [1.165, 1.54) is 0 Å². The molecular weight excluding hydrogens is 476 g/mol. The lowest BCUT2D eigenvalue weighted by atomic mass is 10.1. The zero-order valence-corrected chi connectivity index (χ0v) is 20.5. The quantitative estimate of drug-likeness (QED) is 0.376. The maximum Gasteiger partial charge on any atom is 0.407 e. The van der Waals surface area contributed by atoms with Crippen LogP contribution in [0.2, 0.25) is 0 Å². The Morgan fingerprint density at radius 3 is 2.65 bits per heavy atom. The first kappa shape index (κ1) is 28.0. The number of hydrogen-bond donors (Lipinski definition) is 3. The van der Waals surface area contributed by atoms with Crippen LogP contribution < -0.4 is 16.4 Å². The van der Waals surface area contributed by atoms with E-state index in [4.69, 9.17) is 19.9 Å². The Labute approximate surface area is 216 Å². The van der Waals surface area contributed by atoms with Crippen LogP contribution in [0.15, 0.2) is 48.5 Å². The van der Waals surface area contributed by atoms with Crippen molar-refractivity contribution in [3.05, 3.63) is 65.6 Å². The fourth-order valence-corrected chi connectivity index (χ4v) is 3.76. The van der Waals surface area contributed by atoms with Crippen LogP contribution in [0.25, 0.3) is 5.65 Å². The van der Waals surface area contributed by atoms with Crippen molar-refractivity contribution in [3.63, 3.8) is 0 Å². The number of ether oxygens (including phenoxy) is 3. The van der Waals surface area contributed by atoms with Gasteiger partial charge in [-0.05, 0) is 38.0 Å². The molecule has 3 heterocycles. The van der Waals surface area contributed by atoms with E-state index in [2.05, 4.69) is 20.8 Å². The molecule has 0 radical (unpaired) electrons. The summed E-state index contributed by atoms with van der Waals surface area (Å²) in [5, 5.41) is 14.3. The zero-order valence-electron chi connectivity index (χ0n) is 20.5. The summed E-state index contributed by atoms with van der Waals surface area (Å²) >= 11 is 0. The largest absolute Gasteiger partial charge is 0.443 e. The molecular formula is C26H36N6O5. The summed E-state index contributed by atoms with van der Waals surface area (Å²) in [6.45, 7) is 4.82. The Balaban J connectivity index is 0.00000380. The van der Waals surface area contributed by atoms with E-state index in [0.717, 1.165) is 12.0 Å². The van der Waals surface area contributed by atoms with Gasteiger partial charge in [0.15, 0.2) is 11.5 Å². The second-order valence-corrected chi connectivity index (χ2v) is 9.30. The summed E-state index contributed by atoms with van der Waals surface area (Å²) < 4.78 is 18.4.